The van der Waals surface area contributed by atoms with Gasteiger partial charge in [0.2, 0.25) is 0 Å². The smallest absolute Gasteiger partial charge is 0.292 e. The molecule has 0 unspecified atom stereocenters. The molecule has 3 nitrogen and oxygen atoms in total. The van der Waals surface area contributed by atoms with Crippen molar-refractivity contribution in [1.82, 2.24) is 4.98 Å². The zero-order valence-electron chi connectivity index (χ0n) is 5.92. The van der Waals surface area contributed by atoms with Crippen LogP contribution < -0.4 is 18.1 Å². The highest BCUT2D eigenvalue weighted by Gasteiger charge is 2.01. The van der Waals surface area contributed by atoms with Gasteiger partial charge in [-0.15, -0.1) is 0 Å². The fraction of sp³-hybridized carbons (Fsp3) is 0. The molecule has 12 heavy (non-hydrogen) atoms. The van der Waals surface area contributed by atoms with Crippen molar-refractivity contribution < 1.29 is 16.8 Å². The van der Waals surface area contributed by atoms with E-state index >= 15 is 0 Å². The Kier molecular flexibility index (Phi) is 2.45. The molecule has 1 aromatic heterocycles. The molecule has 0 bridgehead atoms. The van der Waals surface area contributed by atoms with E-state index in [1.165, 1.54) is 0 Å². The number of aromatic nitrogens is 1. The first-order valence-electron chi connectivity index (χ1n) is 3.07. The van der Waals surface area contributed by atoms with Crippen molar-refractivity contribution in [3.63, 3.8) is 0 Å². The summed E-state index contributed by atoms with van der Waals surface area (Å²) in [6.45, 7) is 0. The molecule has 0 saturated heterocycles. The van der Waals surface area contributed by atoms with Crippen LogP contribution in [0.3, 0.4) is 0 Å². The van der Waals surface area contributed by atoms with Crippen molar-refractivity contribution >= 4 is 28.7 Å². The van der Waals surface area contributed by atoms with Crippen LogP contribution in [0.5, 0.6) is 0 Å². The third-order valence-corrected chi connectivity index (χ3v) is 1.60. The maximum atomic E-state index is 5.71. The van der Waals surface area contributed by atoms with Crippen LogP contribution in [0.2, 0.25) is 5.02 Å². The number of hydrogen-bond acceptors (Lipinski definition) is 3. The number of nitrogen functional groups attached to an aromatic ring is 1. The third-order valence-electron chi connectivity index (χ3n) is 1.37. The van der Waals surface area contributed by atoms with Gasteiger partial charge >= 0.3 is 0 Å². The van der Waals surface area contributed by atoms with Gasteiger partial charge in [-0.25, -0.2) is 0 Å². The molecule has 2 N–H and O–H groups in total. The van der Waals surface area contributed by atoms with Crippen LogP contribution in [-0.2, 0) is 0 Å². The molecule has 2 rings (SSSR count). The van der Waals surface area contributed by atoms with Crippen molar-refractivity contribution in [2.45, 2.75) is 0 Å². The Morgan fingerprint density at radius 3 is 2.92 bits per heavy atom. The number of oxazole rings is 1. The topological polar surface area (TPSA) is 52.0 Å². The first-order valence-corrected chi connectivity index (χ1v) is 3.45. The predicted octanol–water partition coefficient (Wildman–Crippen LogP) is -0.933. The lowest BCUT2D eigenvalue weighted by Gasteiger charge is -1.85. The van der Waals surface area contributed by atoms with Gasteiger partial charge in [-0.2, -0.15) is 4.98 Å². The van der Waals surface area contributed by atoms with Gasteiger partial charge in [-0.1, -0.05) is 11.6 Å². The summed E-state index contributed by atoms with van der Waals surface area (Å²) < 4.78 is 5.03. The molecule has 1 heterocycles. The van der Waals surface area contributed by atoms with Gasteiger partial charge in [0, 0.05) is 5.02 Å². The van der Waals surface area contributed by atoms with E-state index < -0.39 is 0 Å². The molecule has 1 aromatic carbocycles. The van der Waals surface area contributed by atoms with Gasteiger partial charge in [-0.05, 0) is 18.2 Å². The molecule has 0 fully saturated rings. The predicted molar refractivity (Wildman–Crippen MR) is 43.4 cm³/mol. The minimum atomic E-state index is 0. The summed E-state index contributed by atoms with van der Waals surface area (Å²) in [5.41, 5.74) is 6.67. The number of hydrogen-bond donors (Lipinski definition) is 1. The third kappa shape index (κ3) is 1.47. The molecular weight excluding hydrogens is 199 g/mol. The van der Waals surface area contributed by atoms with Crippen molar-refractivity contribution in [2.24, 2.45) is 0 Å². The van der Waals surface area contributed by atoms with Crippen molar-refractivity contribution in [2.75, 3.05) is 5.73 Å². The minimum Gasteiger partial charge on any atom is -1.00 e. The molecule has 0 aliphatic carbocycles. The lowest BCUT2D eigenvalue weighted by molar-refractivity contribution is -0.00000285. The summed E-state index contributed by atoms with van der Waals surface area (Å²) in [5.74, 6) is 0. The summed E-state index contributed by atoms with van der Waals surface area (Å²) in [6, 6.07) is 5.34. The van der Waals surface area contributed by atoms with Gasteiger partial charge in [0.15, 0.2) is 5.58 Å². The van der Waals surface area contributed by atoms with Crippen LogP contribution in [0, 0.1) is 0 Å². The molecular formula is C7H5Cl2N2O-. The van der Waals surface area contributed by atoms with Crippen LogP contribution in [0.15, 0.2) is 22.6 Å². The number of fused-ring (bicyclic) bond motifs is 1. The molecule has 64 valence electrons. The standard InChI is InChI=1S/C7H5ClN2O.ClH/c8-4-1-2-6-5(3-4)10-7(9)11-6;/h1-3H,(H2,9,10);1H/p-1. The Morgan fingerprint density at radius 1 is 1.42 bits per heavy atom. The van der Waals surface area contributed by atoms with Gasteiger partial charge in [0.1, 0.15) is 5.52 Å². The Labute approximate surface area is 79.9 Å². The quantitative estimate of drug-likeness (QED) is 0.603. The van der Waals surface area contributed by atoms with E-state index in [-0.39, 0.29) is 18.4 Å². The number of nitrogens with zero attached hydrogens (tertiary/aromatic N) is 1. The van der Waals surface area contributed by atoms with E-state index in [0.29, 0.717) is 16.1 Å². The van der Waals surface area contributed by atoms with Gasteiger partial charge < -0.3 is 22.6 Å². The summed E-state index contributed by atoms with van der Waals surface area (Å²) in [5, 5.41) is 0.630. The number of rotatable bonds is 0. The average molecular weight is 204 g/mol. The first kappa shape index (κ1) is 9.16. The number of nitrogens with two attached hydrogens (primary N) is 1. The second kappa shape index (κ2) is 3.21. The Morgan fingerprint density at radius 2 is 2.17 bits per heavy atom. The van der Waals surface area contributed by atoms with Crippen LogP contribution in [0.1, 0.15) is 0 Å². The zero-order chi connectivity index (χ0) is 7.84. The largest absolute Gasteiger partial charge is 1.00 e. The SMILES string of the molecule is Nc1nc2cc(Cl)ccc2o1.[Cl-]. The normalized spacial score (nSPS) is 9.75. The molecule has 0 aliphatic rings. The van der Waals surface area contributed by atoms with Gasteiger partial charge in [0.05, 0.1) is 0 Å². The van der Waals surface area contributed by atoms with Crippen LogP contribution in [0.25, 0.3) is 11.1 Å². The summed E-state index contributed by atoms with van der Waals surface area (Å²) in [4.78, 5) is 3.90. The molecule has 5 heteroatoms. The molecule has 0 aliphatic heterocycles. The highest BCUT2D eigenvalue weighted by Crippen LogP contribution is 2.20. The average Bonchev–Trinajstić information content (AvgIpc) is 2.27. The fourth-order valence-electron chi connectivity index (χ4n) is 0.918. The number of halogens is 2. The molecule has 2 aromatic rings. The lowest BCUT2D eigenvalue weighted by Crippen LogP contribution is -3.00. The Hall–Kier alpha value is -0.930. The first-order chi connectivity index (χ1) is 5.25. The van der Waals surface area contributed by atoms with Crippen LogP contribution in [-0.4, -0.2) is 4.98 Å². The summed E-state index contributed by atoms with van der Waals surface area (Å²) >= 11 is 5.71. The van der Waals surface area contributed by atoms with Crippen molar-refractivity contribution in [3.8, 4) is 0 Å². The van der Waals surface area contributed by atoms with Gasteiger partial charge in [0.25, 0.3) is 6.01 Å². The summed E-state index contributed by atoms with van der Waals surface area (Å²) in [6.07, 6.45) is 0. The molecule has 0 atom stereocenters. The van der Waals surface area contributed by atoms with E-state index in [2.05, 4.69) is 4.98 Å². The maximum absolute atomic E-state index is 5.71. The van der Waals surface area contributed by atoms with Gasteiger partial charge in [-0.3, -0.25) is 0 Å². The van der Waals surface area contributed by atoms with E-state index in [1.54, 1.807) is 18.2 Å². The summed E-state index contributed by atoms with van der Waals surface area (Å²) in [7, 11) is 0. The highest BCUT2D eigenvalue weighted by molar-refractivity contribution is 6.31. The van der Waals surface area contributed by atoms with Crippen LogP contribution >= 0.6 is 11.6 Å². The molecule has 0 amide bonds. The van der Waals surface area contributed by atoms with Crippen molar-refractivity contribution in [3.05, 3.63) is 23.2 Å². The van der Waals surface area contributed by atoms with E-state index in [0.717, 1.165) is 0 Å². The van der Waals surface area contributed by atoms with Crippen LogP contribution in [0.4, 0.5) is 6.01 Å². The molecule has 0 saturated carbocycles. The molecule has 0 radical (unpaired) electrons. The second-order valence-corrected chi connectivity index (χ2v) is 2.60. The second-order valence-electron chi connectivity index (χ2n) is 2.16. The van der Waals surface area contributed by atoms with E-state index in [4.69, 9.17) is 21.8 Å². The van der Waals surface area contributed by atoms with E-state index in [9.17, 15) is 0 Å². The lowest BCUT2D eigenvalue weighted by atomic mass is 10.3. The highest BCUT2D eigenvalue weighted by atomic mass is 35.5. The van der Waals surface area contributed by atoms with Crippen molar-refractivity contribution in [1.29, 1.82) is 0 Å². The monoisotopic (exact) mass is 203 g/mol. The molecule has 0 spiro atoms. The Bertz CT molecular complexity index is 399. The number of anilines is 1. The fourth-order valence-corrected chi connectivity index (χ4v) is 1.08. The zero-order valence-corrected chi connectivity index (χ0v) is 7.43. The van der Waals surface area contributed by atoms with E-state index in [1.807, 2.05) is 0 Å². The number of benzene rings is 1. The Balaban J connectivity index is 0.000000720. The minimum absolute atomic E-state index is 0. The maximum Gasteiger partial charge on any atom is 0.292 e.